The predicted molar refractivity (Wildman–Crippen MR) is 116 cm³/mol. The predicted octanol–water partition coefficient (Wildman–Crippen LogP) is 8.28. The normalized spacial score (nSPS) is 20.7. The third kappa shape index (κ3) is 9.38. The number of hydrogen-bond donors (Lipinski definition) is 0. The molecule has 2 atom stereocenters. The van der Waals surface area contributed by atoms with Crippen LogP contribution in [0.5, 0.6) is 0 Å². The van der Waals surface area contributed by atoms with E-state index < -0.39 is 0 Å². The molecule has 1 nitrogen and oxygen atoms in total. The maximum atomic E-state index is 12.2. The van der Waals surface area contributed by atoms with Gasteiger partial charge < -0.3 is 0 Å². The Morgan fingerprint density at radius 2 is 1.77 bits per heavy atom. The van der Waals surface area contributed by atoms with Gasteiger partial charge in [0.1, 0.15) is 5.78 Å². The number of unbranched alkanes of at least 4 members (excludes halogenated alkanes) is 6. The van der Waals surface area contributed by atoms with Crippen molar-refractivity contribution in [3.63, 3.8) is 0 Å². The highest BCUT2D eigenvalue weighted by Crippen LogP contribution is 2.43. The number of carbonyl (C=O) groups excluding carboxylic acids is 1. The topological polar surface area (TPSA) is 17.1 Å². The van der Waals surface area contributed by atoms with Crippen LogP contribution in [-0.2, 0) is 4.79 Å². The van der Waals surface area contributed by atoms with Gasteiger partial charge >= 0.3 is 0 Å². The third-order valence-electron chi connectivity index (χ3n) is 6.57. The molecule has 0 fully saturated rings. The second-order valence-electron chi connectivity index (χ2n) is 9.68. The lowest BCUT2D eigenvalue weighted by atomic mass is 9.67. The summed E-state index contributed by atoms with van der Waals surface area (Å²) in [6.07, 6.45) is 19.5. The second-order valence-corrected chi connectivity index (χ2v) is 9.68. The average Bonchev–Trinajstić information content (AvgIpc) is 2.56. The van der Waals surface area contributed by atoms with Crippen molar-refractivity contribution in [1.82, 2.24) is 0 Å². The van der Waals surface area contributed by atoms with E-state index in [9.17, 15) is 4.79 Å². The van der Waals surface area contributed by atoms with E-state index in [2.05, 4.69) is 40.7 Å². The van der Waals surface area contributed by atoms with E-state index in [1.165, 1.54) is 70.6 Å². The molecule has 26 heavy (non-hydrogen) atoms. The summed E-state index contributed by atoms with van der Waals surface area (Å²) in [6, 6.07) is 0. The molecule has 0 saturated heterocycles. The first-order valence-corrected chi connectivity index (χ1v) is 11.5. The Morgan fingerprint density at radius 3 is 2.42 bits per heavy atom. The van der Waals surface area contributed by atoms with Gasteiger partial charge in [0.2, 0.25) is 0 Å². The molecule has 0 aromatic carbocycles. The summed E-state index contributed by atoms with van der Waals surface area (Å²) in [5, 5.41) is 0. The highest BCUT2D eigenvalue weighted by atomic mass is 16.1. The first-order chi connectivity index (χ1) is 12.4. The lowest BCUT2D eigenvalue weighted by molar-refractivity contribution is -0.120. The minimum atomic E-state index is 0.453. The van der Waals surface area contributed by atoms with Crippen molar-refractivity contribution < 1.29 is 4.79 Å². The molecule has 2 unspecified atom stereocenters. The summed E-state index contributed by atoms with van der Waals surface area (Å²) in [5.41, 5.74) is 2.05. The van der Waals surface area contributed by atoms with Gasteiger partial charge in [0.25, 0.3) is 0 Å². The van der Waals surface area contributed by atoms with Gasteiger partial charge in [-0.3, -0.25) is 4.79 Å². The van der Waals surface area contributed by atoms with E-state index in [-0.39, 0.29) is 0 Å². The smallest absolute Gasteiger partial charge is 0.133 e. The Morgan fingerprint density at radius 1 is 1.12 bits per heavy atom. The molecule has 0 bridgehead atoms. The van der Waals surface area contributed by atoms with E-state index in [0.717, 1.165) is 25.2 Å². The van der Waals surface area contributed by atoms with Gasteiger partial charge in [0.05, 0.1) is 0 Å². The molecule has 0 heterocycles. The van der Waals surface area contributed by atoms with Crippen LogP contribution in [0.1, 0.15) is 125 Å². The Bertz CT molecular complexity index is 418. The van der Waals surface area contributed by atoms with E-state index >= 15 is 0 Å². The summed E-state index contributed by atoms with van der Waals surface area (Å²) in [6.45, 7) is 11.7. The van der Waals surface area contributed by atoms with Crippen LogP contribution in [0, 0.1) is 17.3 Å². The molecule has 0 aromatic heterocycles. The lowest BCUT2D eigenvalue weighted by Gasteiger charge is -2.38. The van der Waals surface area contributed by atoms with Gasteiger partial charge in [-0.05, 0) is 49.9 Å². The van der Waals surface area contributed by atoms with Crippen LogP contribution in [0.25, 0.3) is 0 Å². The van der Waals surface area contributed by atoms with Crippen LogP contribution in [0.3, 0.4) is 0 Å². The number of hydrogen-bond acceptors (Lipinski definition) is 1. The number of rotatable bonds is 14. The Hall–Kier alpha value is -0.590. The fraction of sp³-hybridized carbons (Fsp3) is 0.880. The van der Waals surface area contributed by atoms with E-state index in [0.29, 0.717) is 17.1 Å². The first-order valence-electron chi connectivity index (χ1n) is 11.5. The Kier molecular flexibility index (Phi) is 11.5. The number of Topliss-reactive ketones (excluding diaryl/α,β-unsaturated/α-hetero) is 1. The SMILES string of the molecule is CCCCCCCCCC(=O)CC(C)CCCC1C(C)=CCCC1(C)C. The van der Waals surface area contributed by atoms with Crippen molar-refractivity contribution in [3.8, 4) is 0 Å². The van der Waals surface area contributed by atoms with Gasteiger partial charge in [0, 0.05) is 12.8 Å². The fourth-order valence-corrected chi connectivity index (χ4v) is 4.77. The van der Waals surface area contributed by atoms with E-state index in [1.54, 1.807) is 5.57 Å². The number of allylic oxidation sites excluding steroid dienone is 2. The second kappa shape index (κ2) is 12.7. The van der Waals surface area contributed by atoms with Crippen LogP contribution < -0.4 is 0 Å². The summed E-state index contributed by atoms with van der Waals surface area (Å²) >= 11 is 0. The van der Waals surface area contributed by atoms with Crippen molar-refractivity contribution in [3.05, 3.63) is 11.6 Å². The minimum Gasteiger partial charge on any atom is -0.300 e. The molecule has 0 saturated carbocycles. The summed E-state index contributed by atoms with van der Waals surface area (Å²) in [4.78, 5) is 12.2. The Labute approximate surface area is 164 Å². The van der Waals surface area contributed by atoms with Gasteiger partial charge in [-0.2, -0.15) is 0 Å². The van der Waals surface area contributed by atoms with Gasteiger partial charge in [0.15, 0.2) is 0 Å². The van der Waals surface area contributed by atoms with Crippen LogP contribution >= 0.6 is 0 Å². The van der Waals surface area contributed by atoms with Crippen LogP contribution in [0.15, 0.2) is 11.6 Å². The van der Waals surface area contributed by atoms with Crippen molar-refractivity contribution >= 4 is 5.78 Å². The average molecular weight is 363 g/mol. The largest absolute Gasteiger partial charge is 0.300 e. The highest BCUT2D eigenvalue weighted by molar-refractivity contribution is 5.78. The van der Waals surface area contributed by atoms with Crippen molar-refractivity contribution in [2.24, 2.45) is 17.3 Å². The third-order valence-corrected chi connectivity index (χ3v) is 6.57. The van der Waals surface area contributed by atoms with Crippen molar-refractivity contribution in [2.75, 3.05) is 0 Å². The molecule has 1 aliphatic carbocycles. The van der Waals surface area contributed by atoms with Crippen LogP contribution in [0.4, 0.5) is 0 Å². The quantitative estimate of drug-likeness (QED) is 0.224. The standard InChI is InChI=1S/C25H46O/c1-6-7-8-9-10-11-12-17-23(26)20-21(2)15-13-18-24-22(3)16-14-19-25(24,4)5/h16,21,24H,6-15,17-20H2,1-5H3. The van der Waals surface area contributed by atoms with Gasteiger partial charge in [-0.15, -0.1) is 0 Å². The maximum Gasteiger partial charge on any atom is 0.133 e. The number of carbonyl (C=O) groups is 1. The van der Waals surface area contributed by atoms with Crippen molar-refractivity contribution in [1.29, 1.82) is 0 Å². The zero-order valence-electron chi connectivity index (χ0n) is 18.5. The minimum absolute atomic E-state index is 0.453. The van der Waals surface area contributed by atoms with Crippen molar-refractivity contribution in [2.45, 2.75) is 125 Å². The highest BCUT2D eigenvalue weighted by Gasteiger charge is 2.32. The summed E-state index contributed by atoms with van der Waals surface area (Å²) < 4.78 is 0. The molecule has 0 spiro atoms. The summed E-state index contributed by atoms with van der Waals surface area (Å²) in [7, 11) is 0. The van der Waals surface area contributed by atoms with Gasteiger partial charge in [-0.25, -0.2) is 0 Å². The van der Waals surface area contributed by atoms with Gasteiger partial charge in [-0.1, -0.05) is 90.7 Å². The van der Waals surface area contributed by atoms with E-state index in [4.69, 9.17) is 0 Å². The van der Waals surface area contributed by atoms with Crippen LogP contribution in [-0.4, -0.2) is 5.78 Å². The molecule has 0 aliphatic heterocycles. The summed E-state index contributed by atoms with van der Waals surface area (Å²) in [5.74, 6) is 1.80. The zero-order valence-corrected chi connectivity index (χ0v) is 18.5. The number of ketones is 1. The molecular formula is C25H46O. The monoisotopic (exact) mass is 362 g/mol. The van der Waals surface area contributed by atoms with Crippen LogP contribution in [0.2, 0.25) is 0 Å². The fourth-order valence-electron chi connectivity index (χ4n) is 4.77. The molecular weight excluding hydrogens is 316 g/mol. The molecule has 0 N–H and O–H groups in total. The molecule has 0 radical (unpaired) electrons. The Balaban J connectivity index is 2.12. The maximum absolute atomic E-state index is 12.2. The molecule has 152 valence electrons. The molecule has 1 heteroatoms. The molecule has 1 rings (SSSR count). The molecule has 1 aliphatic rings. The first kappa shape index (κ1) is 23.4. The molecule has 0 aromatic rings. The lowest BCUT2D eigenvalue weighted by Crippen LogP contribution is -2.28. The van der Waals surface area contributed by atoms with E-state index in [1.807, 2.05) is 0 Å². The molecule has 0 amide bonds. The zero-order chi connectivity index (χ0) is 19.4.